The minimum atomic E-state index is -0.762. The second-order valence-electron chi connectivity index (χ2n) is 20.3. The van der Waals surface area contributed by atoms with Crippen LogP contribution in [0.25, 0.3) is 0 Å². The molecule has 0 saturated heterocycles. The number of hydrogen-bond acceptors (Lipinski definition) is 6. The molecule has 0 aliphatic rings. The van der Waals surface area contributed by atoms with Gasteiger partial charge in [-0.1, -0.05) is 283 Å². The van der Waals surface area contributed by atoms with Crippen LogP contribution in [0.2, 0.25) is 0 Å². The zero-order valence-corrected chi connectivity index (χ0v) is 45.2. The van der Waals surface area contributed by atoms with Crippen molar-refractivity contribution >= 4 is 17.9 Å². The van der Waals surface area contributed by atoms with E-state index in [4.69, 9.17) is 14.2 Å². The van der Waals surface area contributed by atoms with Crippen LogP contribution in [0.5, 0.6) is 0 Å². The van der Waals surface area contributed by atoms with E-state index in [1.807, 2.05) is 0 Å². The van der Waals surface area contributed by atoms with Gasteiger partial charge in [-0.2, -0.15) is 0 Å². The van der Waals surface area contributed by atoms with Crippen molar-refractivity contribution in [2.24, 2.45) is 0 Å². The van der Waals surface area contributed by atoms with Crippen molar-refractivity contribution < 1.29 is 28.6 Å². The Balaban J connectivity index is 4.02. The lowest BCUT2D eigenvalue weighted by Crippen LogP contribution is -2.30. The van der Waals surface area contributed by atoms with Gasteiger partial charge < -0.3 is 14.2 Å². The average Bonchev–Trinajstić information content (AvgIpc) is 3.33. The zero-order chi connectivity index (χ0) is 48.6. The van der Waals surface area contributed by atoms with Crippen molar-refractivity contribution in [1.29, 1.82) is 0 Å². The first-order valence-corrected chi connectivity index (χ1v) is 29.8. The number of rotatable bonds is 55. The molecule has 0 N–H and O–H groups in total. The molecular formula is C61H114O6. The topological polar surface area (TPSA) is 78.9 Å². The molecule has 0 fully saturated rings. The Labute approximate surface area is 417 Å². The molecule has 394 valence electrons. The molecule has 1 atom stereocenters. The molecule has 0 aromatic rings. The van der Waals surface area contributed by atoms with Crippen LogP contribution in [0.15, 0.2) is 24.3 Å². The summed E-state index contributed by atoms with van der Waals surface area (Å²) in [6.07, 6.45) is 66.3. The molecule has 0 aromatic carbocycles. The molecular weight excluding hydrogens is 829 g/mol. The van der Waals surface area contributed by atoms with E-state index >= 15 is 0 Å². The number of esters is 3. The maximum Gasteiger partial charge on any atom is 0.306 e. The minimum Gasteiger partial charge on any atom is -0.462 e. The van der Waals surface area contributed by atoms with Gasteiger partial charge in [-0.15, -0.1) is 0 Å². The predicted octanol–water partition coefficient (Wildman–Crippen LogP) is 19.9. The monoisotopic (exact) mass is 943 g/mol. The van der Waals surface area contributed by atoms with E-state index in [1.54, 1.807) is 0 Å². The average molecular weight is 944 g/mol. The molecule has 6 heteroatoms. The number of unbranched alkanes of at least 4 members (excludes halogenated alkanes) is 40. The molecule has 0 saturated carbocycles. The third-order valence-corrected chi connectivity index (χ3v) is 13.5. The lowest BCUT2D eigenvalue weighted by Gasteiger charge is -2.18. The van der Waals surface area contributed by atoms with Crippen LogP contribution in [0.4, 0.5) is 0 Å². The second-order valence-corrected chi connectivity index (χ2v) is 20.3. The predicted molar refractivity (Wildman–Crippen MR) is 289 cm³/mol. The van der Waals surface area contributed by atoms with Gasteiger partial charge in [-0.25, -0.2) is 0 Å². The molecule has 1 unspecified atom stereocenters. The van der Waals surface area contributed by atoms with E-state index in [2.05, 4.69) is 45.1 Å². The molecule has 0 amide bonds. The molecule has 0 rings (SSSR count). The van der Waals surface area contributed by atoms with E-state index in [-0.39, 0.29) is 31.1 Å². The maximum atomic E-state index is 12.8. The van der Waals surface area contributed by atoms with E-state index in [9.17, 15) is 14.4 Å². The highest BCUT2D eigenvalue weighted by Crippen LogP contribution is 2.17. The fourth-order valence-electron chi connectivity index (χ4n) is 8.95. The Hall–Kier alpha value is -2.11. The van der Waals surface area contributed by atoms with Crippen molar-refractivity contribution in [3.63, 3.8) is 0 Å². The van der Waals surface area contributed by atoms with Gasteiger partial charge in [0.2, 0.25) is 0 Å². The first-order valence-electron chi connectivity index (χ1n) is 29.8. The van der Waals surface area contributed by atoms with E-state index < -0.39 is 6.10 Å². The van der Waals surface area contributed by atoms with Crippen molar-refractivity contribution in [3.05, 3.63) is 24.3 Å². The molecule has 0 aliphatic carbocycles. The van der Waals surface area contributed by atoms with Gasteiger partial charge in [0.25, 0.3) is 0 Å². The highest BCUT2D eigenvalue weighted by Gasteiger charge is 2.19. The van der Waals surface area contributed by atoms with E-state index in [1.165, 1.54) is 225 Å². The van der Waals surface area contributed by atoms with Gasteiger partial charge in [-0.05, 0) is 51.4 Å². The molecule has 0 radical (unpaired) electrons. The molecule has 6 nitrogen and oxygen atoms in total. The van der Waals surface area contributed by atoms with Crippen molar-refractivity contribution in [1.82, 2.24) is 0 Å². The molecule has 0 aromatic heterocycles. The third-order valence-electron chi connectivity index (χ3n) is 13.5. The Bertz CT molecular complexity index is 1080. The van der Waals surface area contributed by atoms with Crippen LogP contribution >= 0.6 is 0 Å². The fourth-order valence-corrected chi connectivity index (χ4v) is 8.95. The summed E-state index contributed by atoms with van der Waals surface area (Å²) in [6.45, 7) is 6.64. The fraction of sp³-hybridized carbons (Fsp3) is 0.885. The van der Waals surface area contributed by atoms with Crippen LogP contribution in [-0.2, 0) is 28.6 Å². The SMILES string of the molecule is CCCCCCC/C=C\C/C=C\CCCCCCCCCCCCCCCCCCCC(=O)OCC(COC(=O)CCCCCCCCCCCC)OC(=O)CCCCCCCCCCCC. The maximum absolute atomic E-state index is 12.8. The van der Waals surface area contributed by atoms with Crippen molar-refractivity contribution in [3.8, 4) is 0 Å². The zero-order valence-electron chi connectivity index (χ0n) is 45.2. The number of carbonyl (C=O) groups excluding carboxylic acids is 3. The first kappa shape index (κ1) is 64.9. The van der Waals surface area contributed by atoms with E-state index in [0.29, 0.717) is 19.3 Å². The third kappa shape index (κ3) is 54.7. The molecule has 0 heterocycles. The largest absolute Gasteiger partial charge is 0.462 e. The lowest BCUT2D eigenvalue weighted by atomic mass is 10.0. The smallest absolute Gasteiger partial charge is 0.306 e. The normalized spacial score (nSPS) is 12.1. The molecule has 67 heavy (non-hydrogen) atoms. The summed E-state index contributed by atoms with van der Waals surface area (Å²) in [5, 5.41) is 0. The summed E-state index contributed by atoms with van der Waals surface area (Å²) in [4.78, 5) is 37.9. The van der Waals surface area contributed by atoms with Crippen LogP contribution in [0.3, 0.4) is 0 Å². The number of hydrogen-bond donors (Lipinski definition) is 0. The van der Waals surface area contributed by atoms with Gasteiger partial charge in [-0.3, -0.25) is 14.4 Å². The Morgan fingerprint density at radius 1 is 0.299 bits per heavy atom. The standard InChI is InChI=1S/C61H114O6/c1-4-7-10-13-16-19-22-23-24-25-26-27-28-29-30-31-32-33-34-35-36-37-38-39-40-43-45-48-51-54-60(63)66-57-58(67-61(64)55-52-49-46-42-21-18-15-12-9-6-3)56-65-59(62)53-50-47-44-41-20-17-14-11-8-5-2/h22-23,25-26,58H,4-21,24,27-57H2,1-3H3/b23-22-,26-25-. The summed E-state index contributed by atoms with van der Waals surface area (Å²) in [7, 11) is 0. The molecule has 0 spiro atoms. The lowest BCUT2D eigenvalue weighted by molar-refractivity contribution is -0.167. The Morgan fingerprint density at radius 3 is 0.821 bits per heavy atom. The van der Waals surface area contributed by atoms with Crippen LogP contribution < -0.4 is 0 Å². The molecule has 0 aliphatic heterocycles. The Kier molecular flexibility index (Phi) is 54.7. The summed E-state index contributed by atoms with van der Waals surface area (Å²) >= 11 is 0. The van der Waals surface area contributed by atoms with Crippen molar-refractivity contribution in [2.75, 3.05) is 13.2 Å². The second kappa shape index (κ2) is 56.5. The first-order chi connectivity index (χ1) is 33.0. The van der Waals surface area contributed by atoms with Gasteiger partial charge >= 0.3 is 17.9 Å². The highest BCUT2D eigenvalue weighted by molar-refractivity contribution is 5.71. The number of allylic oxidation sites excluding steroid dienone is 4. The summed E-state index contributed by atoms with van der Waals surface area (Å²) in [6, 6.07) is 0. The van der Waals surface area contributed by atoms with Crippen LogP contribution in [-0.4, -0.2) is 37.2 Å². The Morgan fingerprint density at radius 2 is 0.537 bits per heavy atom. The van der Waals surface area contributed by atoms with Crippen LogP contribution in [0, 0.1) is 0 Å². The van der Waals surface area contributed by atoms with Gasteiger partial charge in [0.1, 0.15) is 13.2 Å². The van der Waals surface area contributed by atoms with Gasteiger partial charge in [0.15, 0.2) is 6.10 Å². The summed E-state index contributed by atoms with van der Waals surface area (Å²) < 4.78 is 16.8. The highest BCUT2D eigenvalue weighted by atomic mass is 16.6. The number of ether oxygens (including phenoxy) is 3. The number of carbonyl (C=O) groups is 3. The minimum absolute atomic E-state index is 0.0650. The summed E-state index contributed by atoms with van der Waals surface area (Å²) in [5.41, 5.74) is 0. The van der Waals surface area contributed by atoms with Gasteiger partial charge in [0.05, 0.1) is 0 Å². The van der Waals surface area contributed by atoms with E-state index in [0.717, 1.165) is 64.2 Å². The van der Waals surface area contributed by atoms with Gasteiger partial charge in [0, 0.05) is 19.3 Å². The quantitative estimate of drug-likeness (QED) is 0.0262. The van der Waals surface area contributed by atoms with Crippen LogP contribution in [0.1, 0.15) is 329 Å². The van der Waals surface area contributed by atoms with Crippen molar-refractivity contribution in [2.45, 2.75) is 335 Å². The summed E-state index contributed by atoms with van der Waals surface area (Å²) in [5.74, 6) is -0.849. The molecule has 0 bridgehead atoms.